The second-order valence-electron chi connectivity index (χ2n) is 7.34. The number of nitrogens with two attached hydrogens (primary N) is 1. The van der Waals surface area contributed by atoms with Crippen molar-refractivity contribution in [3.05, 3.63) is 29.3 Å². The SMILES string of the molecule is Cc1ccc(C(C)C)c(OC(C)C(=O)NC(C)(CN)C2CC2)c1. The van der Waals surface area contributed by atoms with Crippen molar-refractivity contribution in [3.8, 4) is 5.75 Å². The largest absolute Gasteiger partial charge is 0.481 e. The number of ether oxygens (including phenoxy) is 1. The number of aryl methyl sites for hydroxylation is 1. The molecule has 4 nitrogen and oxygen atoms in total. The van der Waals surface area contributed by atoms with Crippen LogP contribution in [0.15, 0.2) is 18.2 Å². The molecule has 1 aliphatic carbocycles. The van der Waals surface area contributed by atoms with Crippen LogP contribution in [0.4, 0.5) is 0 Å². The topological polar surface area (TPSA) is 64.3 Å². The van der Waals surface area contributed by atoms with E-state index in [4.69, 9.17) is 10.5 Å². The van der Waals surface area contributed by atoms with E-state index in [1.807, 2.05) is 19.9 Å². The van der Waals surface area contributed by atoms with E-state index in [0.29, 0.717) is 18.4 Å². The molecule has 3 N–H and O–H groups in total. The van der Waals surface area contributed by atoms with Crippen molar-refractivity contribution in [1.82, 2.24) is 5.32 Å². The number of carbonyl (C=O) groups excluding carboxylic acids is 1. The summed E-state index contributed by atoms with van der Waals surface area (Å²) in [4.78, 5) is 12.5. The molecule has 2 rings (SSSR count). The van der Waals surface area contributed by atoms with Crippen molar-refractivity contribution >= 4 is 5.91 Å². The molecule has 1 aromatic carbocycles. The minimum absolute atomic E-state index is 0.0962. The third kappa shape index (κ3) is 4.25. The average molecular weight is 318 g/mol. The maximum atomic E-state index is 12.5. The number of carbonyl (C=O) groups is 1. The monoisotopic (exact) mass is 318 g/mol. The lowest BCUT2D eigenvalue weighted by Gasteiger charge is -2.31. The number of hydrogen-bond acceptors (Lipinski definition) is 3. The lowest BCUT2D eigenvalue weighted by Crippen LogP contribution is -2.56. The Bertz CT molecular complexity index is 566. The highest BCUT2D eigenvalue weighted by atomic mass is 16.5. The van der Waals surface area contributed by atoms with E-state index in [9.17, 15) is 4.79 Å². The van der Waals surface area contributed by atoms with Gasteiger partial charge in [0.15, 0.2) is 6.10 Å². The lowest BCUT2D eigenvalue weighted by atomic mass is 9.95. The van der Waals surface area contributed by atoms with Crippen LogP contribution < -0.4 is 15.8 Å². The molecule has 23 heavy (non-hydrogen) atoms. The fourth-order valence-electron chi connectivity index (χ4n) is 2.89. The van der Waals surface area contributed by atoms with Gasteiger partial charge in [-0.15, -0.1) is 0 Å². The van der Waals surface area contributed by atoms with E-state index in [1.54, 1.807) is 6.92 Å². The Hall–Kier alpha value is -1.55. The second-order valence-corrected chi connectivity index (χ2v) is 7.34. The number of amides is 1. The predicted octanol–water partition coefficient (Wildman–Crippen LogP) is 3.13. The smallest absolute Gasteiger partial charge is 0.261 e. The van der Waals surface area contributed by atoms with Gasteiger partial charge in [0, 0.05) is 6.54 Å². The standard InChI is InChI=1S/C19H30N2O2/c1-12(2)16-9-6-13(3)10-17(16)23-14(4)18(22)21-19(5,11-20)15-7-8-15/h6,9-10,12,14-15H,7-8,11,20H2,1-5H3,(H,21,22). The molecule has 0 heterocycles. The number of hydrogen-bond donors (Lipinski definition) is 2. The lowest BCUT2D eigenvalue weighted by molar-refractivity contribution is -0.129. The van der Waals surface area contributed by atoms with Gasteiger partial charge in [-0.3, -0.25) is 4.79 Å². The summed E-state index contributed by atoms with van der Waals surface area (Å²) in [6.07, 6.45) is 1.73. The van der Waals surface area contributed by atoms with Gasteiger partial charge in [0.1, 0.15) is 5.75 Å². The van der Waals surface area contributed by atoms with Crippen molar-refractivity contribution in [2.75, 3.05) is 6.54 Å². The fourth-order valence-corrected chi connectivity index (χ4v) is 2.89. The van der Waals surface area contributed by atoms with Crippen molar-refractivity contribution in [1.29, 1.82) is 0 Å². The Morgan fingerprint density at radius 2 is 2.04 bits per heavy atom. The molecule has 2 unspecified atom stereocenters. The molecule has 0 aliphatic heterocycles. The van der Waals surface area contributed by atoms with Crippen molar-refractivity contribution in [2.45, 2.75) is 65.0 Å². The van der Waals surface area contributed by atoms with Gasteiger partial charge in [-0.2, -0.15) is 0 Å². The normalized spacial score (nSPS) is 18.4. The first-order valence-corrected chi connectivity index (χ1v) is 8.56. The van der Waals surface area contributed by atoms with Gasteiger partial charge in [-0.1, -0.05) is 26.0 Å². The molecule has 1 aliphatic rings. The molecule has 0 bridgehead atoms. The van der Waals surface area contributed by atoms with Crippen LogP contribution in [0.5, 0.6) is 5.75 Å². The van der Waals surface area contributed by atoms with Crippen LogP contribution >= 0.6 is 0 Å². The highest BCUT2D eigenvalue weighted by molar-refractivity contribution is 5.81. The highest BCUT2D eigenvalue weighted by Crippen LogP contribution is 2.39. The van der Waals surface area contributed by atoms with E-state index in [2.05, 4.69) is 31.3 Å². The predicted molar refractivity (Wildman–Crippen MR) is 93.7 cm³/mol. The molecule has 0 radical (unpaired) electrons. The van der Waals surface area contributed by atoms with Gasteiger partial charge in [0.25, 0.3) is 5.91 Å². The number of rotatable bonds is 7. The first kappa shape index (κ1) is 17.8. The first-order valence-electron chi connectivity index (χ1n) is 8.56. The Morgan fingerprint density at radius 3 is 2.57 bits per heavy atom. The van der Waals surface area contributed by atoms with Crippen LogP contribution in [0.2, 0.25) is 0 Å². The third-order valence-electron chi connectivity index (χ3n) is 4.78. The summed E-state index contributed by atoms with van der Waals surface area (Å²) in [7, 11) is 0. The second kappa shape index (κ2) is 6.91. The number of benzene rings is 1. The summed E-state index contributed by atoms with van der Waals surface area (Å²) in [5.74, 6) is 1.54. The van der Waals surface area contributed by atoms with E-state index < -0.39 is 6.10 Å². The van der Waals surface area contributed by atoms with E-state index in [1.165, 1.54) is 0 Å². The molecule has 1 aromatic rings. The van der Waals surface area contributed by atoms with Crippen molar-refractivity contribution in [2.24, 2.45) is 11.7 Å². The Morgan fingerprint density at radius 1 is 1.39 bits per heavy atom. The number of nitrogens with one attached hydrogen (secondary N) is 1. The van der Waals surface area contributed by atoms with Crippen LogP contribution in [0.25, 0.3) is 0 Å². The first-order chi connectivity index (χ1) is 10.8. The fraction of sp³-hybridized carbons (Fsp3) is 0.632. The van der Waals surface area contributed by atoms with Crippen LogP contribution in [0.1, 0.15) is 57.6 Å². The average Bonchev–Trinajstić information content (AvgIpc) is 3.31. The van der Waals surface area contributed by atoms with Gasteiger partial charge in [0.05, 0.1) is 5.54 Å². The summed E-state index contributed by atoms with van der Waals surface area (Å²) >= 11 is 0. The quantitative estimate of drug-likeness (QED) is 0.812. The van der Waals surface area contributed by atoms with E-state index in [-0.39, 0.29) is 11.4 Å². The van der Waals surface area contributed by atoms with Gasteiger partial charge in [-0.05, 0) is 62.6 Å². The molecule has 1 amide bonds. The minimum atomic E-state index is -0.543. The Balaban J connectivity index is 2.08. The zero-order valence-electron chi connectivity index (χ0n) is 15.0. The molecule has 4 heteroatoms. The molecule has 1 fully saturated rings. The molecule has 1 saturated carbocycles. The maximum absolute atomic E-state index is 12.5. The molecular weight excluding hydrogens is 288 g/mol. The van der Waals surface area contributed by atoms with E-state index >= 15 is 0 Å². The summed E-state index contributed by atoms with van der Waals surface area (Å²) in [5.41, 5.74) is 7.81. The van der Waals surface area contributed by atoms with Crippen molar-refractivity contribution in [3.63, 3.8) is 0 Å². The molecule has 0 spiro atoms. The van der Waals surface area contributed by atoms with E-state index in [0.717, 1.165) is 29.7 Å². The molecular formula is C19H30N2O2. The summed E-state index contributed by atoms with van der Waals surface area (Å²) < 4.78 is 5.99. The van der Waals surface area contributed by atoms with Crippen LogP contribution in [-0.2, 0) is 4.79 Å². The molecule has 0 aromatic heterocycles. The minimum Gasteiger partial charge on any atom is -0.481 e. The van der Waals surface area contributed by atoms with Crippen LogP contribution in [0.3, 0.4) is 0 Å². The van der Waals surface area contributed by atoms with Crippen LogP contribution in [-0.4, -0.2) is 24.1 Å². The van der Waals surface area contributed by atoms with Crippen molar-refractivity contribution < 1.29 is 9.53 Å². The van der Waals surface area contributed by atoms with Gasteiger partial charge in [-0.25, -0.2) is 0 Å². The zero-order valence-corrected chi connectivity index (χ0v) is 15.0. The molecule has 128 valence electrons. The Labute approximate surface area is 139 Å². The summed E-state index contributed by atoms with van der Waals surface area (Å²) in [6.45, 7) is 10.6. The molecule has 0 saturated heterocycles. The summed E-state index contributed by atoms with van der Waals surface area (Å²) in [6, 6.07) is 6.15. The zero-order chi connectivity index (χ0) is 17.2. The van der Waals surface area contributed by atoms with Crippen LogP contribution in [0, 0.1) is 12.8 Å². The van der Waals surface area contributed by atoms with Gasteiger partial charge >= 0.3 is 0 Å². The highest BCUT2D eigenvalue weighted by Gasteiger charge is 2.42. The summed E-state index contributed by atoms with van der Waals surface area (Å²) in [5, 5.41) is 3.10. The maximum Gasteiger partial charge on any atom is 0.261 e. The van der Waals surface area contributed by atoms with Gasteiger partial charge < -0.3 is 15.8 Å². The third-order valence-corrected chi connectivity index (χ3v) is 4.78. The van der Waals surface area contributed by atoms with Gasteiger partial charge in [0.2, 0.25) is 0 Å². The Kier molecular flexibility index (Phi) is 5.35. The molecule has 2 atom stereocenters.